The van der Waals surface area contributed by atoms with E-state index in [2.05, 4.69) is 15.0 Å². The first-order valence-corrected chi connectivity index (χ1v) is 6.84. The van der Waals surface area contributed by atoms with E-state index in [0.29, 0.717) is 5.92 Å². The van der Waals surface area contributed by atoms with Crippen molar-refractivity contribution in [2.24, 2.45) is 5.92 Å². The first kappa shape index (κ1) is 11.2. The van der Waals surface area contributed by atoms with E-state index < -0.39 is 0 Å². The maximum Gasteiger partial charge on any atom is 0.232 e. The van der Waals surface area contributed by atoms with Gasteiger partial charge in [0.05, 0.1) is 5.92 Å². The van der Waals surface area contributed by atoms with Gasteiger partial charge in [-0.3, -0.25) is 0 Å². The fourth-order valence-corrected chi connectivity index (χ4v) is 3.09. The lowest BCUT2D eigenvalue weighted by atomic mass is 9.87. The molecule has 1 aliphatic heterocycles. The number of rotatable bonds is 3. The summed E-state index contributed by atoms with van der Waals surface area (Å²) in [4.78, 5) is 6.85. The summed E-state index contributed by atoms with van der Waals surface area (Å²) in [5.74, 6) is 3.02. The molecule has 4 nitrogen and oxygen atoms in total. The Kier molecular flexibility index (Phi) is 3.14. The molecule has 0 radical (unpaired) electrons. The van der Waals surface area contributed by atoms with E-state index in [4.69, 9.17) is 4.52 Å². The highest BCUT2D eigenvalue weighted by atomic mass is 16.5. The molecule has 1 aromatic heterocycles. The second-order valence-electron chi connectivity index (χ2n) is 5.60. The average molecular weight is 235 g/mol. The van der Waals surface area contributed by atoms with Gasteiger partial charge in [-0.1, -0.05) is 24.4 Å². The summed E-state index contributed by atoms with van der Waals surface area (Å²) < 4.78 is 5.22. The molecule has 0 bridgehead atoms. The summed E-state index contributed by atoms with van der Waals surface area (Å²) in [5.41, 5.74) is 0. The molecule has 4 heteroatoms. The van der Waals surface area contributed by atoms with Crippen LogP contribution in [0.5, 0.6) is 0 Å². The minimum absolute atomic E-state index is 0.486. The lowest BCUT2D eigenvalue weighted by Gasteiger charge is -2.40. The first-order chi connectivity index (χ1) is 8.31. The highest BCUT2D eigenvalue weighted by Crippen LogP contribution is 2.30. The van der Waals surface area contributed by atoms with Crippen LogP contribution < -0.4 is 0 Å². The molecule has 0 aromatic carbocycles. The van der Waals surface area contributed by atoms with Crippen molar-refractivity contribution >= 4 is 0 Å². The van der Waals surface area contributed by atoms with Gasteiger partial charge in [-0.25, -0.2) is 0 Å². The average Bonchev–Trinajstić information content (AvgIpc) is 2.71. The number of hydrogen-bond acceptors (Lipinski definition) is 4. The van der Waals surface area contributed by atoms with Crippen molar-refractivity contribution in [3.05, 3.63) is 11.7 Å². The zero-order chi connectivity index (χ0) is 11.7. The van der Waals surface area contributed by atoms with Crippen LogP contribution in [0.4, 0.5) is 0 Å². The number of hydrogen-bond donors (Lipinski definition) is 0. The molecule has 1 saturated heterocycles. The molecular weight excluding hydrogens is 214 g/mol. The third kappa shape index (κ3) is 2.51. The van der Waals surface area contributed by atoms with Gasteiger partial charge < -0.3 is 9.42 Å². The molecule has 94 valence electrons. The van der Waals surface area contributed by atoms with Crippen molar-refractivity contribution in [2.75, 3.05) is 19.6 Å². The summed E-state index contributed by atoms with van der Waals surface area (Å²) in [6, 6.07) is 0. The van der Waals surface area contributed by atoms with Crippen LogP contribution in [0.15, 0.2) is 4.52 Å². The predicted molar refractivity (Wildman–Crippen MR) is 64.8 cm³/mol. The largest absolute Gasteiger partial charge is 0.339 e. The summed E-state index contributed by atoms with van der Waals surface area (Å²) in [6.07, 6.45) is 7.18. The molecule has 2 aliphatic rings. The van der Waals surface area contributed by atoms with Crippen molar-refractivity contribution < 1.29 is 4.52 Å². The van der Waals surface area contributed by atoms with Crippen LogP contribution in [0.3, 0.4) is 0 Å². The van der Waals surface area contributed by atoms with Gasteiger partial charge in [0.1, 0.15) is 0 Å². The van der Waals surface area contributed by atoms with E-state index in [1.54, 1.807) is 0 Å². The van der Waals surface area contributed by atoms with E-state index >= 15 is 0 Å². The fourth-order valence-electron chi connectivity index (χ4n) is 3.09. The van der Waals surface area contributed by atoms with Crippen LogP contribution in [-0.4, -0.2) is 34.7 Å². The lowest BCUT2D eigenvalue weighted by Crippen LogP contribution is -2.47. The van der Waals surface area contributed by atoms with E-state index in [1.807, 2.05) is 6.92 Å². The zero-order valence-corrected chi connectivity index (χ0v) is 10.6. The van der Waals surface area contributed by atoms with Crippen LogP contribution in [0, 0.1) is 12.8 Å². The summed E-state index contributed by atoms with van der Waals surface area (Å²) >= 11 is 0. The quantitative estimate of drug-likeness (QED) is 0.806. The monoisotopic (exact) mass is 235 g/mol. The Hall–Kier alpha value is -0.900. The normalized spacial score (nSPS) is 23.8. The number of aryl methyl sites for hydroxylation is 1. The Labute approximate surface area is 102 Å². The zero-order valence-electron chi connectivity index (χ0n) is 10.6. The van der Waals surface area contributed by atoms with Gasteiger partial charge in [-0.2, -0.15) is 4.98 Å². The maximum absolute atomic E-state index is 5.22. The second-order valence-corrected chi connectivity index (χ2v) is 5.60. The molecule has 0 N–H and O–H groups in total. The smallest absolute Gasteiger partial charge is 0.232 e. The molecule has 0 amide bonds. The highest BCUT2D eigenvalue weighted by molar-refractivity contribution is 5.01. The van der Waals surface area contributed by atoms with E-state index in [-0.39, 0.29) is 0 Å². The van der Waals surface area contributed by atoms with E-state index in [0.717, 1.165) is 30.7 Å². The van der Waals surface area contributed by atoms with Crippen LogP contribution >= 0.6 is 0 Å². The minimum atomic E-state index is 0.486. The lowest BCUT2D eigenvalue weighted by molar-refractivity contribution is 0.0948. The summed E-state index contributed by atoms with van der Waals surface area (Å²) in [6.45, 7) is 5.38. The molecule has 17 heavy (non-hydrogen) atoms. The maximum atomic E-state index is 5.22. The van der Waals surface area contributed by atoms with Crippen LogP contribution in [-0.2, 0) is 0 Å². The highest BCUT2D eigenvalue weighted by Gasteiger charge is 2.33. The summed E-state index contributed by atoms with van der Waals surface area (Å²) in [7, 11) is 0. The van der Waals surface area contributed by atoms with Crippen LogP contribution in [0.2, 0.25) is 0 Å². The molecular formula is C13H21N3O. The Morgan fingerprint density at radius 1 is 1.24 bits per heavy atom. The molecule has 2 heterocycles. The van der Waals surface area contributed by atoms with Crippen molar-refractivity contribution in [3.63, 3.8) is 0 Å². The Bertz CT molecular complexity index is 364. The van der Waals surface area contributed by atoms with Gasteiger partial charge in [-0.05, 0) is 25.7 Å². The number of nitrogens with zero attached hydrogens (tertiary/aromatic N) is 3. The predicted octanol–water partition coefficient (Wildman–Crippen LogP) is 2.36. The fraction of sp³-hybridized carbons (Fsp3) is 0.846. The van der Waals surface area contributed by atoms with Gasteiger partial charge in [0.2, 0.25) is 5.89 Å². The molecule has 0 spiro atoms. The molecule has 3 rings (SSSR count). The van der Waals surface area contributed by atoms with Crippen LogP contribution in [0.25, 0.3) is 0 Å². The standard InChI is InChI=1S/C13H21N3O/c1-10-14-13(17-15-10)12-8-16(9-12)7-11-5-3-2-4-6-11/h11-12H,2-9H2,1H3. The Morgan fingerprint density at radius 2 is 2.00 bits per heavy atom. The van der Waals surface area contributed by atoms with Gasteiger partial charge >= 0.3 is 0 Å². The third-order valence-corrected chi connectivity index (χ3v) is 4.09. The summed E-state index contributed by atoms with van der Waals surface area (Å²) in [5, 5.41) is 3.86. The van der Waals surface area contributed by atoms with Gasteiger partial charge in [-0.15, -0.1) is 0 Å². The van der Waals surface area contributed by atoms with E-state index in [1.165, 1.54) is 38.6 Å². The van der Waals surface area contributed by atoms with Crippen LogP contribution in [0.1, 0.15) is 49.7 Å². The SMILES string of the molecule is Cc1noc(C2CN(CC3CCCCC3)C2)n1. The van der Waals surface area contributed by atoms with Crippen molar-refractivity contribution in [2.45, 2.75) is 44.9 Å². The molecule has 2 fully saturated rings. The molecule has 1 aliphatic carbocycles. The second kappa shape index (κ2) is 4.77. The Balaban J connectivity index is 1.45. The van der Waals surface area contributed by atoms with Gasteiger partial charge in [0, 0.05) is 19.6 Å². The van der Waals surface area contributed by atoms with Gasteiger partial charge in [0.25, 0.3) is 0 Å². The molecule has 1 aromatic rings. The number of aromatic nitrogens is 2. The molecule has 0 unspecified atom stereocenters. The molecule has 1 saturated carbocycles. The van der Waals surface area contributed by atoms with E-state index in [9.17, 15) is 0 Å². The topological polar surface area (TPSA) is 42.2 Å². The molecule has 0 atom stereocenters. The van der Waals surface area contributed by atoms with Crippen molar-refractivity contribution in [3.8, 4) is 0 Å². The van der Waals surface area contributed by atoms with Crippen molar-refractivity contribution in [1.29, 1.82) is 0 Å². The minimum Gasteiger partial charge on any atom is -0.339 e. The number of likely N-dealkylation sites (tertiary alicyclic amines) is 1. The van der Waals surface area contributed by atoms with Gasteiger partial charge in [0.15, 0.2) is 5.82 Å². The Morgan fingerprint density at radius 3 is 2.65 bits per heavy atom. The third-order valence-electron chi connectivity index (χ3n) is 4.09. The van der Waals surface area contributed by atoms with Crippen molar-refractivity contribution in [1.82, 2.24) is 15.0 Å². The first-order valence-electron chi connectivity index (χ1n) is 6.84.